The van der Waals surface area contributed by atoms with Crippen LogP contribution in [0.1, 0.15) is 42.5 Å². The van der Waals surface area contributed by atoms with Crippen LogP contribution in [0.3, 0.4) is 0 Å². The molecule has 3 nitrogen and oxygen atoms in total. The van der Waals surface area contributed by atoms with Crippen molar-refractivity contribution in [1.29, 1.82) is 0 Å². The Hall–Kier alpha value is -2.94. The Balaban J connectivity index is 1.58. The minimum Gasteiger partial charge on any atom is -0.469 e. The molecule has 1 atom stereocenters. The van der Waals surface area contributed by atoms with Crippen LogP contribution in [0.25, 0.3) is 12.2 Å². The SMILES string of the molecule is CN(C)c1ccc(C=CC23OC=CN2c2ccc4c(c2C3(C)C)CCC=C4)cc1. The minimum absolute atomic E-state index is 0.178. The standard InChI is InChI=1S/C26H28N2O/c1-25(2)24-22-8-6-5-7-20(22)11-14-23(24)28-17-18-29-26(25,28)16-15-19-9-12-21(13-10-19)27(3)4/h5,7,9-18H,6,8H2,1-4H3. The third-order valence-electron chi connectivity index (χ3n) is 6.69. The first-order chi connectivity index (χ1) is 13.9. The topological polar surface area (TPSA) is 15.7 Å². The predicted molar refractivity (Wildman–Crippen MR) is 122 cm³/mol. The molecule has 2 aromatic carbocycles. The Bertz CT molecular complexity index is 1040. The molecule has 29 heavy (non-hydrogen) atoms. The van der Waals surface area contributed by atoms with E-state index in [1.807, 2.05) is 6.26 Å². The van der Waals surface area contributed by atoms with E-state index in [1.54, 1.807) is 0 Å². The molecule has 0 spiro atoms. The summed E-state index contributed by atoms with van der Waals surface area (Å²) < 4.78 is 6.37. The van der Waals surface area contributed by atoms with Gasteiger partial charge in [-0.15, -0.1) is 0 Å². The molecule has 1 aliphatic carbocycles. The summed E-state index contributed by atoms with van der Waals surface area (Å²) in [7, 11) is 4.13. The molecule has 0 saturated heterocycles. The second kappa shape index (κ2) is 6.28. The van der Waals surface area contributed by atoms with Gasteiger partial charge in [-0.1, -0.05) is 36.4 Å². The van der Waals surface area contributed by atoms with Gasteiger partial charge < -0.3 is 14.5 Å². The summed E-state index contributed by atoms with van der Waals surface area (Å²) in [5, 5.41) is 0. The highest BCUT2D eigenvalue weighted by atomic mass is 16.5. The second-order valence-corrected chi connectivity index (χ2v) is 8.88. The van der Waals surface area contributed by atoms with E-state index >= 15 is 0 Å². The number of nitrogens with zero attached hydrogens (tertiary/aromatic N) is 2. The van der Waals surface area contributed by atoms with Gasteiger partial charge >= 0.3 is 0 Å². The molecule has 5 rings (SSSR count). The molecule has 1 unspecified atom stereocenters. The Kier molecular flexibility index (Phi) is 3.92. The number of fused-ring (bicyclic) bond motifs is 5. The molecular formula is C26H28N2O. The number of benzene rings is 2. The first-order valence-corrected chi connectivity index (χ1v) is 10.4. The Morgan fingerprint density at radius 3 is 2.62 bits per heavy atom. The lowest BCUT2D eigenvalue weighted by molar-refractivity contribution is 0.0383. The van der Waals surface area contributed by atoms with Crippen molar-refractivity contribution in [2.45, 2.75) is 37.8 Å². The molecule has 2 aromatic rings. The maximum atomic E-state index is 6.37. The normalized spacial score (nSPS) is 23.1. The molecule has 3 heteroatoms. The van der Waals surface area contributed by atoms with E-state index in [4.69, 9.17) is 4.74 Å². The van der Waals surface area contributed by atoms with E-state index in [9.17, 15) is 0 Å². The average molecular weight is 385 g/mol. The molecule has 148 valence electrons. The van der Waals surface area contributed by atoms with Crippen molar-refractivity contribution in [2.24, 2.45) is 0 Å². The van der Waals surface area contributed by atoms with E-state index in [0.717, 1.165) is 12.8 Å². The quantitative estimate of drug-likeness (QED) is 0.673. The summed E-state index contributed by atoms with van der Waals surface area (Å²) in [5.41, 5.74) is 7.19. The second-order valence-electron chi connectivity index (χ2n) is 8.88. The molecule has 2 heterocycles. The van der Waals surface area contributed by atoms with Crippen LogP contribution in [-0.4, -0.2) is 19.8 Å². The maximum Gasteiger partial charge on any atom is 0.215 e. The predicted octanol–water partition coefficient (Wildman–Crippen LogP) is 5.72. The number of hydrogen-bond donors (Lipinski definition) is 0. The third-order valence-corrected chi connectivity index (χ3v) is 6.69. The van der Waals surface area contributed by atoms with Crippen LogP contribution in [0, 0.1) is 0 Å². The van der Waals surface area contributed by atoms with E-state index in [1.165, 1.54) is 33.6 Å². The van der Waals surface area contributed by atoms with Gasteiger partial charge in [-0.05, 0) is 73.2 Å². The largest absolute Gasteiger partial charge is 0.469 e. The fourth-order valence-electron chi connectivity index (χ4n) is 5.08. The fourth-order valence-corrected chi connectivity index (χ4v) is 5.08. The molecule has 0 amide bonds. The van der Waals surface area contributed by atoms with Crippen molar-refractivity contribution >= 4 is 23.5 Å². The molecule has 0 N–H and O–H groups in total. The molecule has 0 aromatic heterocycles. The van der Waals surface area contributed by atoms with Crippen LogP contribution in [0.15, 0.2) is 61.0 Å². The molecule has 0 fully saturated rings. The van der Waals surface area contributed by atoms with Gasteiger partial charge in [-0.25, -0.2) is 0 Å². The molecule has 0 bridgehead atoms. The van der Waals surface area contributed by atoms with Gasteiger partial charge in [0.25, 0.3) is 0 Å². The highest BCUT2D eigenvalue weighted by Crippen LogP contribution is 2.57. The Morgan fingerprint density at radius 1 is 1.07 bits per heavy atom. The summed E-state index contributed by atoms with van der Waals surface area (Å²) in [6.45, 7) is 4.63. The van der Waals surface area contributed by atoms with Crippen LogP contribution >= 0.6 is 0 Å². The lowest BCUT2D eigenvalue weighted by Gasteiger charge is -2.40. The lowest BCUT2D eigenvalue weighted by Crippen LogP contribution is -2.51. The van der Waals surface area contributed by atoms with Crippen molar-refractivity contribution in [3.05, 3.63) is 83.3 Å². The fraction of sp³-hybridized carbons (Fsp3) is 0.308. The van der Waals surface area contributed by atoms with Crippen LogP contribution in [0.2, 0.25) is 0 Å². The van der Waals surface area contributed by atoms with Crippen LogP contribution in [0.4, 0.5) is 11.4 Å². The van der Waals surface area contributed by atoms with Crippen LogP contribution in [-0.2, 0) is 16.6 Å². The van der Waals surface area contributed by atoms with Crippen LogP contribution < -0.4 is 9.80 Å². The van der Waals surface area contributed by atoms with Gasteiger partial charge in [0.1, 0.15) is 6.26 Å². The summed E-state index contributed by atoms with van der Waals surface area (Å²) in [5.74, 6) is 0. The van der Waals surface area contributed by atoms with Crippen molar-refractivity contribution in [3.8, 4) is 0 Å². The summed E-state index contributed by atoms with van der Waals surface area (Å²) in [6.07, 6.45) is 15.1. The zero-order valence-electron chi connectivity index (χ0n) is 17.6. The molecule has 2 aliphatic heterocycles. The van der Waals surface area contributed by atoms with Gasteiger partial charge in [0.2, 0.25) is 5.72 Å². The van der Waals surface area contributed by atoms with E-state index < -0.39 is 5.72 Å². The van der Waals surface area contributed by atoms with Gasteiger partial charge in [0.15, 0.2) is 0 Å². The number of rotatable bonds is 3. The Labute approximate surface area is 173 Å². The molecule has 3 aliphatic rings. The first kappa shape index (κ1) is 18.1. The zero-order valence-corrected chi connectivity index (χ0v) is 17.6. The summed E-state index contributed by atoms with van der Waals surface area (Å²) in [6, 6.07) is 13.1. The minimum atomic E-state index is -0.536. The van der Waals surface area contributed by atoms with Crippen molar-refractivity contribution < 1.29 is 4.74 Å². The van der Waals surface area contributed by atoms with E-state index in [2.05, 4.69) is 105 Å². The monoisotopic (exact) mass is 384 g/mol. The molecule has 0 saturated carbocycles. The van der Waals surface area contributed by atoms with E-state index in [0.29, 0.717) is 0 Å². The van der Waals surface area contributed by atoms with Crippen LogP contribution in [0.5, 0.6) is 0 Å². The zero-order chi connectivity index (χ0) is 20.2. The molecular weight excluding hydrogens is 356 g/mol. The van der Waals surface area contributed by atoms with E-state index in [-0.39, 0.29) is 5.41 Å². The van der Waals surface area contributed by atoms with Crippen molar-refractivity contribution in [1.82, 2.24) is 0 Å². The van der Waals surface area contributed by atoms with Crippen molar-refractivity contribution in [2.75, 3.05) is 23.9 Å². The van der Waals surface area contributed by atoms with Crippen molar-refractivity contribution in [3.63, 3.8) is 0 Å². The van der Waals surface area contributed by atoms with Gasteiger partial charge in [0.05, 0.1) is 5.41 Å². The van der Waals surface area contributed by atoms with Gasteiger partial charge in [0, 0.05) is 31.7 Å². The number of ether oxygens (including phenoxy) is 1. The smallest absolute Gasteiger partial charge is 0.215 e. The molecule has 0 radical (unpaired) electrons. The number of anilines is 2. The summed E-state index contributed by atoms with van der Waals surface area (Å²) >= 11 is 0. The first-order valence-electron chi connectivity index (χ1n) is 10.4. The number of allylic oxidation sites excluding steroid dienone is 1. The average Bonchev–Trinajstić information content (AvgIpc) is 3.23. The van der Waals surface area contributed by atoms with Gasteiger partial charge in [-0.2, -0.15) is 0 Å². The lowest BCUT2D eigenvalue weighted by atomic mass is 9.73. The maximum absolute atomic E-state index is 6.37. The summed E-state index contributed by atoms with van der Waals surface area (Å²) in [4.78, 5) is 4.43. The van der Waals surface area contributed by atoms with Gasteiger partial charge in [-0.3, -0.25) is 0 Å². The third kappa shape index (κ3) is 2.50. The Morgan fingerprint density at radius 2 is 1.86 bits per heavy atom. The highest BCUT2D eigenvalue weighted by Gasteiger charge is 2.59. The highest BCUT2D eigenvalue weighted by molar-refractivity contribution is 5.77. The number of hydrogen-bond acceptors (Lipinski definition) is 3.